The summed E-state index contributed by atoms with van der Waals surface area (Å²) in [5.74, 6) is -0.107. The van der Waals surface area contributed by atoms with Gasteiger partial charge in [-0.05, 0) is 35.4 Å². The molecule has 110 valence electrons. The van der Waals surface area contributed by atoms with Crippen molar-refractivity contribution >= 4 is 23.6 Å². The molecule has 2 aromatic rings. The molecule has 0 radical (unpaired) electrons. The SMILES string of the molecule is CN(Cc1ccccc1Cl)C(=O)C=Cc1ccc(C#N)cc1. The second-order valence-corrected chi connectivity index (χ2v) is 5.26. The molecule has 0 aliphatic rings. The van der Waals surface area contributed by atoms with Gasteiger partial charge in [-0.3, -0.25) is 4.79 Å². The van der Waals surface area contributed by atoms with Gasteiger partial charge >= 0.3 is 0 Å². The minimum absolute atomic E-state index is 0.107. The molecule has 0 unspecified atom stereocenters. The predicted molar refractivity (Wildman–Crippen MR) is 88.1 cm³/mol. The number of nitrogens with zero attached hydrogens (tertiary/aromatic N) is 2. The third-order valence-electron chi connectivity index (χ3n) is 3.20. The van der Waals surface area contributed by atoms with Gasteiger partial charge in [-0.15, -0.1) is 0 Å². The zero-order valence-corrected chi connectivity index (χ0v) is 12.9. The predicted octanol–water partition coefficient (Wildman–Crippen LogP) is 3.88. The van der Waals surface area contributed by atoms with Crippen LogP contribution in [0.3, 0.4) is 0 Å². The number of rotatable bonds is 4. The van der Waals surface area contributed by atoms with E-state index < -0.39 is 0 Å². The topological polar surface area (TPSA) is 44.1 Å². The number of benzene rings is 2. The number of nitriles is 1. The lowest BCUT2D eigenvalue weighted by molar-refractivity contribution is -0.125. The molecule has 0 saturated heterocycles. The van der Waals surface area contributed by atoms with Crippen molar-refractivity contribution in [3.05, 3.63) is 76.3 Å². The summed E-state index contributed by atoms with van der Waals surface area (Å²) in [4.78, 5) is 13.7. The second-order valence-electron chi connectivity index (χ2n) is 4.85. The quantitative estimate of drug-likeness (QED) is 0.804. The van der Waals surface area contributed by atoms with Gasteiger partial charge in [0.2, 0.25) is 5.91 Å². The average molecular weight is 311 g/mol. The molecule has 0 saturated carbocycles. The molecule has 0 aliphatic heterocycles. The van der Waals surface area contributed by atoms with E-state index in [1.807, 2.05) is 24.3 Å². The first-order chi connectivity index (χ1) is 10.6. The molecule has 0 atom stereocenters. The molecular weight excluding hydrogens is 296 g/mol. The van der Waals surface area contributed by atoms with Crippen molar-refractivity contribution in [3.63, 3.8) is 0 Å². The molecule has 0 spiro atoms. The van der Waals surface area contributed by atoms with E-state index in [0.717, 1.165) is 11.1 Å². The average Bonchev–Trinajstić information content (AvgIpc) is 2.55. The number of halogens is 1. The molecule has 0 heterocycles. The van der Waals surface area contributed by atoms with Crippen LogP contribution in [0.15, 0.2) is 54.6 Å². The monoisotopic (exact) mass is 310 g/mol. The van der Waals surface area contributed by atoms with E-state index in [1.165, 1.54) is 6.08 Å². The van der Waals surface area contributed by atoms with Gasteiger partial charge in [0.1, 0.15) is 0 Å². The molecule has 2 rings (SSSR count). The normalized spacial score (nSPS) is 10.4. The number of hydrogen-bond donors (Lipinski definition) is 0. The largest absolute Gasteiger partial charge is 0.338 e. The van der Waals surface area contributed by atoms with Crippen molar-refractivity contribution < 1.29 is 4.79 Å². The summed E-state index contributed by atoms with van der Waals surface area (Å²) < 4.78 is 0. The molecule has 0 aromatic heterocycles. The maximum absolute atomic E-state index is 12.1. The van der Waals surface area contributed by atoms with E-state index in [1.54, 1.807) is 42.3 Å². The number of likely N-dealkylation sites (N-methyl/N-ethyl adjacent to an activating group) is 1. The van der Waals surface area contributed by atoms with Crippen LogP contribution in [-0.4, -0.2) is 17.9 Å². The minimum Gasteiger partial charge on any atom is -0.338 e. The van der Waals surface area contributed by atoms with E-state index >= 15 is 0 Å². The van der Waals surface area contributed by atoms with Gasteiger partial charge in [0.05, 0.1) is 11.6 Å². The van der Waals surface area contributed by atoms with Crippen LogP contribution in [0.5, 0.6) is 0 Å². The van der Waals surface area contributed by atoms with Crippen LogP contribution in [0.25, 0.3) is 6.08 Å². The van der Waals surface area contributed by atoms with E-state index in [4.69, 9.17) is 16.9 Å². The van der Waals surface area contributed by atoms with Crippen molar-refractivity contribution in [2.45, 2.75) is 6.54 Å². The lowest BCUT2D eigenvalue weighted by Crippen LogP contribution is -2.24. The van der Waals surface area contributed by atoms with Crippen molar-refractivity contribution in [3.8, 4) is 6.07 Å². The zero-order valence-electron chi connectivity index (χ0n) is 12.2. The maximum Gasteiger partial charge on any atom is 0.246 e. The lowest BCUT2D eigenvalue weighted by atomic mass is 10.1. The molecule has 0 bridgehead atoms. The van der Waals surface area contributed by atoms with Gasteiger partial charge in [-0.1, -0.05) is 41.9 Å². The summed E-state index contributed by atoms with van der Waals surface area (Å²) in [5, 5.41) is 9.39. The Balaban J connectivity index is 2.00. The van der Waals surface area contributed by atoms with Crippen LogP contribution in [-0.2, 0) is 11.3 Å². The van der Waals surface area contributed by atoms with Crippen LogP contribution in [0.4, 0.5) is 0 Å². The minimum atomic E-state index is -0.107. The molecule has 22 heavy (non-hydrogen) atoms. The smallest absolute Gasteiger partial charge is 0.246 e. The highest BCUT2D eigenvalue weighted by molar-refractivity contribution is 6.31. The first-order valence-corrected chi connectivity index (χ1v) is 7.14. The summed E-state index contributed by atoms with van der Waals surface area (Å²) >= 11 is 6.09. The van der Waals surface area contributed by atoms with E-state index in [0.29, 0.717) is 17.1 Å². The fourth-order valence-corrected chi connectivity index (χ4v) is 2.12. The Morgan fingerprint density at radius 1 is 1.23 bits per heavy atom. The van der Waals surface area contributed by atoms with Gasteiger partial charge in [-0.25, -0.2) is 0 Å². The van der Waals surface area contributed by atoms with E-state index in [9.17, 15) is 4.79 Å². The Hall–Kier alpha value is -2.57. The highest BCUT2D eigenvalue weighted by atomic mass is 35.5. The lowest BCUT2D eigenvalue weighted by Gasteiger charge is -2.16. The molecule has 0 N–H and O–H groups in total. The molecule has 0 aliphatic carbocycles. The Morgan fingerprint density at radius 2 is 1.91 bits per heavy atom. The van der Waals surface area contributed by atoms with Crippen molar-refractivity contribution in [1.29, 1.82) is 5.26 Å². The van der Waals surface area contributed by atoms with Crippen LogP contribution >= 0.6 is 11.6 Å². The third-order valence-corrected chi connectivity index (χ3v) is 3.57. The maximum atomic E-state index is 12.1. The Bertz CT molecular complexity index is 729. The fraction of sp³-hybridized carbons (Fsp3) is 0.111. The van der Waals surface area contributed by atoms with Crippen molar-refractivity contribution in [2.75, 3.05) is 7.05 Å². The van der Waals surface area contributed by atoms with Gasteiger partial charge in [0, 0.05) is 24.7 Å². The number of hydrogen-bond acceptors (Lipinski definition) is 2. The van der Waals surface area contributed by atoms with Crippen LogP contribution < -0.4 is 0 Å². The highest BCUT2D eigenvalue weighted by Gasteiger charge is 2.07. The Labute approximate surface area is 135 Å². The second kappa shape index (κ2) is 7.44. The number of carbonyl (C=O) groups is 1. The van der Waals surface area contributed by atoms with E-state index in [2.05, 4.69) is 6.07 Å². The van der Waals surface area contributed by atoms with Gasteiger partial charge < -0.3 is 4.90 Å². The summed E-state index contributed by atoms with van der Waals surface area (Å²) in [6.45, 7) is 0.455. The Morgan fingerprint density at radius 3 is 2.55 bits per heavy atom. The van der Waals surface area contributed by atoms with Crippen LogP contribution in [0.1, 0.15) is 16.7 Å². The first kappa shape index (κ1) is 15.8. The Kier molecular flexibility index (Phi) is 5.35. The molecule has 1 amide bonds. The van der Waals surface area contributed by atoms with Gasteiger partial charge in [0.15, 0.2) is 0 Å². The molecule has 4 heteroatoms. The summed E-state index contributed by atoms with van der Waals surface area (Å²) in [7, 11) is 1.73. The van der Waals surface area contributed by atoms with Crippen molar-refractivity contribution in [1.82, 2.24) is 4.90 Å². The van der Waals surface area contributed by atoms with Crippen molar-refractivity contribution in [2.24, 2.45) is 0 Å². The van der Waals surface area contributed by atoms with Crippen LogP contribution in [0.2, 0.25) is 5.02 Å². The molecule has 2 aromatic carbocycles. The zero-order chi connectivity index (χ0) is 15.9. The number of carbonyl (C=O) groups excluding carboxylic acids is 1. The molecule has 3 nitrogen and oxygen atoms in total. The third kappa shape index (κ3) is 4.21. The molecule has 0 fully saturated rings. The molecular formula is C18H15ClN2O. The fourth-order valence-electron chi connectivity index (χ4n) is 1.92. The van der Waals surface area contributed by atoms with E-state index in [-0.39, 0.29) is 5.91 Å². The highest BCUT2D eigenvalue weighted by Crippen LogP contribution is 2.16. The van der Waals surface area contributed by atoms with Gasteiger partial charge in [0.25, 0.3) is 0 Å². The van der Waals surface area contributed by atoms with Crippen LogP contribution in [0, 0.1) is 11.3 Å². The summed E-state index contributed by atoms with van der Waals surface area (Å²) in [5.41, 5.74) is 2.38. The summed E-state index contributed by atoms with van der Waals surface area (Å²) in [6.07, 6.45) is 3.24. The standard InChI is InChI=1S/C18H15ClN2O/c1-21(13-16-4-2-3-5-17(16)19)18(22)11-10-14-6-8-15(12-20)9-7-14/h2-11H,13H2,1H3. The first-order valence-electron chi connectivity index (χ1n) is 6.77. The van der Waals surface area contributed by atoms with Gasteiger partial charge in [-0.2, -0.15) is 5.26 Å². The summed E-state index contributed by atoms with van der Waals surface area (Å²) in [6, 6.07) is 16.6. The number of amides is 1.